The van der Waals surface area contributed by atoms with Crippen molar-refractivity contribution in [1.82, 2.24) is 9.88 Å². The number of carbonyl (C=O) groups is 1. The first kappa shape index (κ1) is 18.3. The highest BCUT2D eigenvalue weighted by atomic mass is 16.5. The van der Waals surface area contributed by atoms with Crippen molar-refractivity contribution < 1.29 is 23.6 Å². The molecule has 1 saturated heterocycles. The number of carbonyl (C=O) groups excluding carboxylic acids is 1. The highest BCUT2D eigenvalue weighted by Crippen LogP contribution is 2.17. The van der Waals surface area contributed by atoms with Crippen molar-refractivity contribution in [1.29, 1.82) is 0 Å². The number of hydrogen-bond donors (Lipinski definition) is 0. The Morgan fingerprint density at radius 3 is 2.88 bits per heavy atom. The van der Waals surface area contributed by atoms with Crippen molar-refractivity contribution in [2.24, 2.45) is 7.05 Å². The highest BCUT2D eigenvalue weighted by Gasteiger charge is 2.17. The maximum absolute atomic E-state index is 11.7. The van der Waals surface area contributed by atoms with E-state index in [1.807, 2.05) is 29.9 Å². The topological polar surface area (TPSA) is 64.8 Å². The SMILES string of the molecule is COC(=O)c1cccc(-c2ncc(OCCN3CCOCC3)c[n+]2C)c1. The number of ether oxygens (including phenoxy) is 3. The lowest BCUT2D eigenvalue weighted by Crippen LogP contribution is -2.39. The summed E-state index contributed by atoms with van der Waals surface area (Å²) in [6.45, 7) is 4.95. The number of morpholine rings is 1. The van der Waals surface area contributed by atoms with Crippen LogP contribution in [0.3, 0.4) is 0 Å². The summed E-state index contributed by atoms with van der Waals surface area (Å²) in [6, 6.07) is 7.22. The van der Waals surface area contributed by atoms with Crippen molar-refractivity contribution in [2.45, 2.75) is 0 Å². The molecule has 1 aromatic carbocycles. The Labute approximate surface area is 153 Å². The molecule has 0 saturated carbocycles. The smallest absolute Gasteiger partial charge is 0.337 e. The van der Waals surface area contributed by atoms with Crippen molar-refractivity contribution in [3.63, 3.8) is 0 Å². The summed E-state index contributed by atoms with van der Waals surface area (Å²) >= 11 is 0. The number of aryl methyl sites for hydroxylation is 1. The molecular weight excluding hydrogens is 334 g/mol. The van der Waals surface area contributed by atoms with Crippen molar-refractivity contribution in [3.8, 4) is 17.1 Å². The molecule has 0 spiro atoms. The molecule has 0 aliphatic carbocycles. The molecule has 7 nitrogen and oxygen atoms in total. The van der Waals surface area contributed by atoms with Crippen LogP contribution >= 0.6 is 0 Å². The molecule has 138 valence electrons. The lowest BCUT2D eigenvalue weighted by molar-refractivity contribution is -0.663. The summed E-state index contributed by atoms with van der Waals surface area (Å²) in [5.74, 6) is 1.10. The Morgan fingerprint density at radius 2 is 2.15 bits per heavy atom. The first-order valence-electron chi connectivity index (χ1n) is 8.64. The molecule has 0 N–H and O–H groups in total. The molecular formula is C19H24N3O4+. The van der Waals surface area contributed by atoms with Gasteiger partial charge in [-0.05, 0) is 23.2 Å². The molecule has 0 bridgehead atoms. The third kappa shape index (κ3) is 4.56. The average molecular weight is 358 g/mol. The molecule has 7 heteroatoms. The van der Waals surface area contributed by atoms with Gasteiger partial charge in [-0.15, -0.1) is 0 Å². The van der Waals surface area contributed by atoms with Crippen LogP contribution in [0.25, 0.3) is 11.4 Å². The van der Waals surface area contributed by atoms with Crippen LogP contribution < -0.4 is 9.30 Å². The summed E-state index contributed by atoms with van der Waals surface area (Å²) in [6.07, 6.45) is 3.60. The number of aromatic nitrogens is 2. The maximum atomic E-state index is 11.7. The van der Waals surface area contributed by atoms with Gasteiger partial charge in [-0.1, -0.05) is 6.07 Å². The van der Waals surface area contributed by atoms with Crippen LogP contribution in [-0.4, -0.2) is 62.4 Å². The van der Waals surface area contributed by atoms with E-state index >= 15 is 0 Å². The number of hydrogen-bond acceptors (Lipinski definition) is 6. The number of nitrogens with zero attached hydrogens (tertiary/aromatic N) is 3. The molecule has 2 heterocycles. The predicted octanol–water partition coefficient (Wildman–Crippen LogP) is 1.07. The highest BCUT2D eigenvalue weighted by molar-refractivity contribution is 5.90. The molecule has 1 aromatic heterocycles. The van der Waals surface area contributed by atoms with E-state index in [1.165, 1.54) is 7.11 Å². The van der Waals surface area contributed by atoms with Gasteiger partial charge >= 0.3 is 11.8 Å². The van der Waals surface area contributed by atoms with Gasteiger partial charge in [0.15, 0.2) is 6.20 Å². The predicted molar refractivity (Wildman–Crippen MR) is 94.9 cm³/mol. The second kappa shape index (κ2) is 8.73. The summed E-state index contributed by atoms with van der Waals surface area (Å²) in [7, 11) is 3.28. The molecule has 0 atom stereocenters. The molecule has 0 radical (unpaired) electrons. The van der Waals surface area contributed by atoms with Crippen molar-refractivity contribution in [2.75, 3.05) is 46.6 Å². The van der Waals surface area contributed by atoms with Gasteiger partial charge in [-0.2, -0.15) is 0 Å². The maximum Gasteiger partial charge on any atom is 0.337 e. The number of benzene rings is 1. The quantitative estimate of drug-likeness (QED) is 0.569. The lowest BCUT2D eigenvalue weighted by atomic mass is 10.1. The fourth-order valence-electron chi connectivity index (χ4n) is 2.87. The van der Waals surface area contributed by atoms with E-state index in [2.05, 4.69) is 9.88 Å². The molecule has 26 heavy (non-hydrogen) atoms. The molecule has 1 aliphatic heterocycles. The number of methoxy groups -OCH3 is 1. The van der Waals surface area contributed by atoms with Gasteiger partial charge in [0.05, 0.1) is 38.5 Å². The van der Waals surface area contributed by atoms with E-state index < -0.39 is 0 Å². The first-order valence-corrected chi connectivity index (χ1v) is 8.64. The minimum Gasteiger partial charge on any atom is -0.485 e. The Kier molecular flexibility index (Phi) is 6.14. The van der Waals surface area contributed by atoms with Crippen LogP contribution in [0.2, 0.25) is 0 Å². The van der Waals surface area contributed by atoms with Gasteiger partial charge in [0.25, 0.3) is 0 Å². The third-order valence-electron chi connectivity index (χ3n) is 4.29. The van der Waals surface area contributed by atoms with E-state index in [4.69, 9.17) is 14.2 Å². The zero-order valence-electron chi connectivity index (χ0n) is 15.2. The molecule has 1 fully saturated rings. The van der Waals surface area contributed by atoms with E-state index in [1.54, 1.807) is 18.3 Å². The van der Waals surface area contributed by atoms with Crippen LogP contribution in [0.4, 0.5) is 0 Å². The largest absolute Gasteiger partial charge is 0.485 e. The van der Waals surface area contributed by atoms with Gasteiger partial charge in [0.1, 0.15) is 12.8 Å². The normalized spacial score (nSPS) is 14.8. The molecule has 0 unspecified atom stereocenters. The van der Waals surface area contributed by atoms with Gasteiger partial charge < -0.3 is 14.2 Å². The zero-order valence-corrected chi connectivity index (χ0v) is 15.2. The van der Waals surface area contributed by atoms with Crippen molar-refractivity contribution >= 4 is 5.97 Å². The van der Waals surface area contributed by atoms with Gasteiger partial charge in [-0.25, -0.2) is 9.36 Å². The minimum absolute atomic E-state index is 0.363. The Morgan fingerprint density at radius 1 is 1.35 bits per heavy atom. The summed E-state index contributed by atoms with van der Waals surface area (Å²) < 4.78 is 17.8. The van der Waals surface area contributed by atoms with Crippen LogP contribution in [0, 0.1) is 0 Å². The Hall–Kier alpha value is -2.51. The first-order chi connectivity index (χ1) is 12.7. The third-order valence-corrected chi connectivity index (χ3v) is 4.29. The molecule has 2 aromatic rings. The second-order valence-electron chi connectivity index (χ2n) is 6.10. The van der Waals surface area contributed by atoms with E-state index in [0.717, 1.165) is 44.2 Å². The van der Waals surface area contributed by atoms with Crippen LogP contribution in [0.5, 0.6) is 5.75 Å². The fraction of sp³-hybridized carbons (Fsp3) is 0.421. The number of esters is 1. The standard InChI is InChI=1S/C19H24N3O4/c1-21-14-17(26-11-8-22-6-9-25-10-7-22)13-20-18(21)15-4-3-5-16(12-15)19(23)24-2/h3-5,12-14H,6-11H2,1-2H3/q+1. The van der Waals surface area contributed by atoms with E-state index in [0.29, 0.717) is 17.9 Å². The summed E-state index contributed by atoms with van der Waals surface area (Å²) in [5, 5.41) is 0. The van der Waals surface area contributed by atoms with Crippen molar-refractivity contribution in [3.05, 3.63) is 42.2 Å². The fourth-order valence-corrected chi connectivity index (χ4v) is 2.87. The molecule has 0 amide bonds. The van der Waals surface area contributed by atoms with Gasteiger partial charge in [0, 0.05) is 19.6 Å². The van der Waals surface area contributed by atoms with Crippen LogP contribution in [0.15, 0.2) is 36.7 Å². The molecule has 1 aliphatic rings. The monoisotopic (exact) mass is 358 g/mol. The van der Waals surface area contributed by atoms with Crippen LogP contribution in [0.1, 0.15) is 10.4 Å². The second-order valence-corrected chi connectivity index (χ2v) is 6.10. The van der Waals surface area contributed by atoms with Gasteiger partial charge in [-0.3, -0.25) is 4.90 Å². The van der Waals surface area contributed by atoms with Gasteiger partial charge in [0.2, 0.25) is 5.75 Å². The minimum atomic E-state index is -0.363. The molecule has 3 rings (SSSR count). The average Bonchev–Trinajstić information content (AvgIpc) is 2.68. The summed E-state index contributed by atoms with van der Waals surface area (Å²) in [4.78, 5) is 18.5. The Bertz CT molecular complexity index is 760. The lowest BCUT2D eigenvalue weighted by Gasteiger charge is -2.26. The summed E-state index contributed by atoms with van der Waals surface area (Å²) in [5.41, 5.74) is 1.34. The van der Waals surface area contributed by atoms with Crippen LogP contribution in [-0.2, 0) is 16.5 Å². The Balaban J connectivity index is 1.64. The van der Waals surface area contributed by atoms with E-state index in [9.17, 15) is 4.79 Å². The zero-order chi connectivity index (χ0) is 18.4. The van der Waals surface area contributed by atoms with E-state index in [-0.39, 0.29) is 5.97 Å². The number of rotatable bonds is 6.